The van der Waals surface area contributed by atoms with E-state index in [2.05, 4.69) is 31.9 Å². The summed E-state index contributed by atoms with van der Waals surface area (Å²) < 4.78 is 17.5. The summed E-state index contributed by atoms with van der Waals surface area (Å²) in [6, 6.07) is 3.24. The van der Waals surface area contributed by atoms with Gasteiger partial charge in [-0.1, -0.05) is 23.3 Å². The van der Waals surface area contributed by atoms with Crippen molar-refractivity contribution in [2.75, 3.05) is 11.0 Å². The second-order valence-electron chi connectivity index (χ2n) is 8.35. The molecule has 3 aromatic rings. The van der Waals surface area contributed by atoms with Crippen LogP contribution in [0.5, 0.6) is 17.2 Å². The van der Waals surface area contributed by atoms with Crippen LogP contribution in [0.4, 0.5) is 0 Å². The molecule has 0 amide bonds. The first kappa shape index (κ1) is 26.3. The Morgan fingerprint density at radius 3 is 1.88 bits per heavy atom. The van der Waals surface area contributed by atoms with E-state index in [0.29, 0.717) is 52.0 Å². The molecule has 0 aliphatic heterocycles. The van der Waals surface area contributed by atoms with Crippen molar-refractivity contribution in [1.29, 1.82) is 0 Å². The van der Waals surface area contributed by atoms with Gasteiger partial charge < -0.3 is 24.1 Å². The molecule has 2 aromatic carbocycles. The molecule has 0 fully saturated rings. The van der Waals surface area contributed by atoms with Crippen LogP contribution >= 0.6 is 31.9 Å². The maximum absolute atomic E-state index is 13.8. The molecule has 34 heavy (non-hydrogen) atoms. The monoisotopic (exact) mass is 594 g/mol. The van der Waals surface area contributed by atoms with Gasteiger partial charge in [0, 0.05) is 23.3 Å². The van der Waals surface area contributed by atoms with E-state index < -0.39 is 0 Å². The largest absolute Gasteiger partial charge is 0.507 e. The lowest BCUT2D eigenvalue weighted by Crippen LogP contribution is -2.10. The van der Waals surface area contributed by atoms with E-state index in [-0.39, 0.29) is 39.8 Å². The fourth-order valence-corrected chi connectivity index (χ4v) is 4.34. The van der Waals surface area contributed by atoms with Gasteiger partial charge in [0.05, 0.1) is 12.0 Å². The van der Waals surface area contributed by atoms with Crippen molar-refractivity contribution in [1.82, 2.24) is 0 Å². The Hall–Kier alpha value is -2.29. The molecule has 182 valence electrons. The van der Waals surface area contributed by atoms with Gasteiger partial charge in [-0.25, -0.2) is 0 Å². The standard InChI is InChI=1S/C26H28Br2O6/c1-14(2)5-7-16-18(11-29)20(33-13-28)10-21-23(16)26(31)24-22(34-21)9-19(32-12-27)17(25(24)30)8-6-15(3)4/h5-6,9-10,29-30H,7-8,11-13H2,1-4H3. The molecule has 6 nitrogen and oxygen atoms in total. The lowest BCUT2D eigenvalue weighted by molar-refractivity contribution is 0.272. The van der Waals surface area contributed by atoms with Gasteiger partial charge in [-0.2, -0.15) is 0 Å². The van der Waals surface area contributed by atoms with Gasteiger partial charge in [-0.3, -0.25) is 4.79 Å². The third-order valence-corrected chi connectivity index (χ3v) is 5.94. The van der Waals surface area contributed by atoms with Crippen LogP contribution in [0, 0.1) is 0 Å². The number of benzene rings is 2. The van der Waals surface area contributed by atoms with E-state index in [1.807, 2.05) is 39.8 Å². The summed E-state index contributed by atoms with van der Waals surface area (Å²) in [6.07, 6.45) is 4.73. The fraction of sp³-hybridized carbons (Fsp3) is 0.346. The Bertz CT molecular complexity index is 1330. The lowest BCUT2D eigenvalue weighted by Gasteiger charge is -2.17. The van der Waals surface area contributed by atoms with Crippen molar-refractivity contribution in [3.63, 3.8) is 0 Å². The van der Waals surface area contributed by atoms with Gasteiger partial charge >= 0.3 is 0 Å². The van der Waals surface area contributed by atoms with Crippen molar-refractivity contribution in [3.8, 4) is 17.2 Å². The van der Waals surface area contributed by atoms with E-state index in [4.69, 9.17) is 13.9 Å². The Morgan fingerprint density at radius 1 is 0.882 bits per heavy atom. The molecule has 0 atom stereocenters. The maximum atomic E-state index is 13.8. The zero-order chi connectivity index (χ0) is 25.0. The van der Waals surface area contributed by atoms with Crippen LogP contribution in [0.15, 0.2) is 44.6 Å². The smallest absolute Gasteiger partial charge is 0.204 e. The number of hydrogen-bond donors (Lipinski definition) is 2. The zero-order valence-corrected chi connectivity index (χ0v) is 22.8. The Balaban J connectivity index is 2.48. The quantitative estimate of drug-likeness (QED) is 0.164. The molecule has 8 heteroatoms. The van der Waals surface area contributed by atoms with Crippen LogP contribution in [-0.2, 0) is 19.4 Å². The summed E-state index contributed by atoms with van der Waals surface area (Å²) in [4.78, 5) is 13.8. The first-order valence-electron chi connectivity index (χ1n) is 10.8. The van der Waals surface area contributed by atoms with Gasteiger partial charge in [0.25, 0.3) is 0 Å². The first-order chi connectivity index (χ1) is 16.2. The van der Waals surface area contributed by atoms with Crippen molar-refractivity contribution in [3.05, 3.63) is 62.3 Å². The summed E-state index contributed by atoms with van der Waals surface area (Å²) in [5, 5.41) is 21.8. The summed E-state index contributed by atoms with van der Waals surface area (Å²) in [7, 11) is 0. The number of aromatic hydroxyl groups is 1. The number of ether oxygens (including phenoxy) is 2. The van der Waals surface area contributed by atoms with Crippen molar-refractivity contribution in [2.24, 2.45) is 0 Å². The summed E-state index contributed by atoms with van der Waals surface area (Å²) in [6.45, 7) is 7.54. The van der Waals surface area contributed by atoms with Crippen molar-refractivity contribution < 1.29 is 24.1 Å². The van der Waals surface area contributed by atoms with Crippen molar-refractivity contribution >= 4 is 53.8 Å². The third kappa shape index (κ3) is 5.34. The SMILES string of the molecule is CC(C)=CCc1c(OCBr)cc2oc3cc(OCBr)c(CO)c(CC=C(C)C)c3c(=O)c2c1O. The van der Waals surface area contributed by atoms with Crippen LogP contribution in [-0.4, -0.2) is 21.2 Å². The number of allylic oxidation sites excluding steroid dienone is 4. The summed E-state index contributed by atoms with van der Waals surface area (Å²) in [5.74, 6) is 0.685. The normalized spacial score (nSPS) is 11.0. The molecule has 0 saturated heterocycles. The highest BCUT2D eigenvalue weighted by Gasteiger charge is 2.23. The molecule has 0 saturated carbocycles. The Labute approximate surface area is 215 Å². The number of fused-ring (bicyclic) bond motifs is 2. The predicted molar refractivity (Wildman–Crippen MR) is 143 cm³/mol. The number of phenols is 1. The Morgan fingerprint density at radius 2 is 1.38 bits per heavy atom. The number of rotatable bonds is 9. The maximum Gasteiger partial charge on any atom is 0.204 e. The highest BCUT2D eigenvalue weighted by atomic mass is 79.9. The zero-order valence-electron chi connectivity index (χ0n) is 19.6. The molecule has 3 rings (SSSR count). The topological polar surface area (TPSA) is 89.1 Å². The second-order valence-corrected chi connectivity index (χ2v) is 9.26. The van der Waals surface area contributed by atoms with Crippen LogP contribution in [0.1, 0.15) is 44.4 Å². The van der Waals surface area contributed by atoms with Gasteiger partial charge in [-0.05, 0) is 78.0 Å². The number of phenolic OH excluding ortho intramolecular Hbond substituents is 1. The second kappa shape index (κ2) is 11.4. The van der Waals surface area contributed by atoms with E-state index in [1.165, 1.54) is 0 Å². The van der Waals surface area contributed by atoms with Gasteiger partial charge in [0.1, 0.15) is 44.8 Å². The van der Waals surface area contributed by atoms with Gasteiger partial charge in [0.15, 0.2) is 0 Å². The van der Waals surface area contributed by atoms with E-state index in [9.17, 15) is 15.0 Å². The predicted octanol–water partition coefficient (Wildman–Crippen LogP) is 6.62. The minimum Gasteiger partial charge on any atom is -0.507 e. The van der Waals surface area contributed by atoms with Crippen LogP contribution < -0.4 is 14.9 Å². The molecule has 1 aromatic heterocycles. The number of hydrogen-bond acceptors (Lipinski definition) is 6. The van der Waals surface area contributed by atoms with Crippen LogP contribution in [0.25, 0.3) is 21.9 Å². The van der Waals surface area contributed by atoms with Gasteiger partial charge in [-0.15, -0.1) is 0 Å². The van der Waals surface area contributed by atoms with E-state index in [1.54, 1.807) is 12.1 Å². The fourth-order valence-electron chi connectivity index (χ4n) is 3.85. The molecular weight excluding hydrogens is 568 g/mol. The van der Waals surface area contributed by atoms with Crippen molar-refractivity contribution in [2.45, 2.75) is 47.1 Å². The number of aliphatic hydroxyl groups is 1. The molecule has 2 N–H and O–H groups in total. The first-order valence-corrected chi connectivity index (χ1v) is 13.0. The average molecular weight is 596 g/mol. The molecular formula is C26H28Br2O6. The molecule has 0 bridgehead atoms. The third-order valence-electron chi connectivity index (χ3n) is 5.48. The van der Waals surface area contributed by atoms with E-state index in [0.717, 1.165) is 11.1 Å². The molecule has 0 aliphatic carbocycles. The number of aliphatic hydroxyl groups excluding tert-OH is 1. The highest BCUT2D eigenvalue weighted by molar-refractivity contribution is 9.09. The van der Waals surface area contributed by atoms with Gasteiger partial charge in [0.2, 0.25) is 5.43 Å². The number of halogens is 2. The minimum absolute atomic E-state index is 0.0862. The average Bonchev–Trinajstić information content (AvgIpc) is 2.76. The number of alkyl halides is 2. The van der Waals surface area contributed by atoms with Crippen LogP contribution in [0.2, 0.25) is 0 Å². The van der Waals surface area contributed by atoms with E-state index >= 15 is 0 Å². The summed E-state index contributed by atoms with van der Waals surface area (Å²) >= 11 is 6.52. The molecule has 0 aliphatic rings. The molecule has 0 radical (unpaired) electrons. The Kier molecular flexibility index (Phi) is 8.84. The molecule has 1 heterocycles. The van der Waals surface area contributed by atoms with Crippen LogP contribution in [0.3, 0.4) is 0 Å². The highest BCUT2D eigenvalue weighted by Crippen LogP contribution is 2.39. The lowest BCUT2D eigenvalue weighted by atomic mass is 9.95. The molecule has 0 spiro atoms. The molecule has 0 unspecified atom stereocenters. The minimum atomic E-state index is -0.366. The summed E-state index contributed by atoms with van der Waals surface area (Å²) in [5.41, 5.74) is 4.35.